The summed E-state index contributed by atoms with van der Waals surface area (Å²) in [6.45, 7) is 0.0180. The highest BCUT2D eigenvalue weighted by molar-refractivity contribution is 5.92. The fourth-order valence-corrected chi connectivity index (χ4v) is 1.83. The molecule has 0 bridgehead atoms. The Bertz CT molecular complexity index is 473. The van der Waals surface area contributed by atoms with Crippen molar-refractivity contribution in [1.29, 1.82) is 0 Å². The fourth-order valence-electron chi connectivity index (χ4n) is 1.83. The molecule has 0 saturated heterocycles. The molecule has 1 aromatic rings. The van der Waals surface area contributed by atoms with Gasteiger partial charge in [0.15, 0.2) is 0 Å². The van der Waals surface area contributed by atoms with Crippen molar-refractivity contribution in [3.8, 4) is 0 Å². The largest absolute Gasteiger partial charge is 0.394 e. The summed E-state index contributed by atoms with van der Waals surface area (Å²) in [5.41, 5.74) is 1.75. The summed E-state index contributed by atoms with van der Waals surface area (Å²) in [5, 5.41) is 12.0. The fraction of sp³-hybridized carbons (Fsp3) is 0.400. The van der Waals surface area contributed by atoms with Gasteiger partial charge in [-0.3, -0.25) is 4.79 Å². The highest BCUT2D eigenvalue weighted by Crippen LogP contribution is 2.34. The van der Waals surface area contributed by atoms with Crippen LogP contribution in [0, 0.1) is 0 Å². The van der Waals surface area contributed by atoms with Crippen LogP contribution in [0.15, 0.2) is 30.3 Å². The second kappa shape index (κ2) is 5.45. The van der Waals surface area contributed by atoms with Crippen molar-refractivity contribution >= 4 is 17.7 Å². The molecule has 102 valence electrons. The summed E-state index contributed by atoms with van der Waals surface area (Å²) in [4.78, 5) is 13.7. The molecule has 0 spiro atoms. The van der Waals surface area contributed by atoms with Gasteiger partial charge in [0.25, 0.3) is 0 Å². The first-order chi connectivity index (χ1) is 9.04. The standard InChI is InChI=1S/C15H20N2O2/c1-17(2)13-6-3-12(4-7-13)5-8-14(19)16-15(11-18)9-10-15/h3-8,18H,9-11H2,1-2H3,(H,16,19)/b8-5+. The number of aliphatic hydroxyl groups excluding tert-OH is 1. The van der Waals surface area contributed by atoms with Crippen molar-refractivity contribution in [3.63, 3.8) is 0 Å². The van der Waals surface area contributed by atoms with E-state index in [2.05, 4.69) is 5.32 Å². The van der Waals surface area contributed by atoms with Crippen molar-refractivity contribution < 1.29 is 9.90 Å². The molecule has 1 aliphatic rings. The van der Waals surface area contributed by atoms with Gasteiger partial charge in [0.05, 0.1) is 12.1 Å². The van der Waals surface area contributed by atoms with Gasteiger partial charge >= 0.3 is 0 Å². The molecular weight excluding hydrogens is 240 g/mol. The molecule has 1 aliphatic carbocycles. The molecule has 4 nitrogen and oxygen atoms in total. The van der Waals surface area contributed by atoms with Gasteiger partial charge in [0.1, 0.15) is 0 Å². The van der Waals surface area contributed by atoms with Crippen molar-refractivity contribution in [3.05, 3.63) is 35.9 Å². The number of benzene rings is 1. The molecule has 19 heavy (non-hydrogen) atoms. The van der Waals surface area contributed by atoms with Crippen LogP contribution in [-0.2, 0) is 4.79 Å². The van der Waals surface area contributed by atoms with Crippen LogP contribution in [0.1, 0.15) is 18.4 Å². The predicted octanol–water partition coefficient (Wildman–Crippen LogP) is 1.41. The molecule has 0 radical (unpaired) electrons. The van der Waals surface area contributed by atoms with Gasteiger partial charge < -0.3 is 15.3 Å². The Morgan fingerprint density at radius 2 is 2.00 bits per heavy atom. The Kier molecular flexibility index (Phi) is 3.90. The Balaban J connectivity index is 1.92. The van der Waals surface area contributed by atoms with E-state index in [1.807, 2.05) is 43.3 Å². The van der Waals surface area contributed by atoms with Gasteiger partial charge in [-0.2, -0.15) is 0 Å². The van der Waals surface area contributed by atoms with E-state index in [9.17, 15) is 4.79 Å². The summed E-state index contributed by atoms with van der Waals surface area (Å²) in [5.74, 6) is -0.150. The van der Waals surface area contributed by atoms with E-state index in [0.29, 0.717) is 0 Å². The van der Waals surface area contributed by atoms with E-state index in [0.717, 1.165) is 24.1 Å². The van der Waals surface area contributed by atoms with Gasteiger partial charge in [-0.05, 0) is 36.6 Å². The first-order valence-electron chi connectivity index (χ1n) is 6.43. The second-order valence-electron chi connectivity index (χ2n) is 5.25. The highest BCUT2D eigenvalue weighted by Gasteiger charge is 2.42. The molecular formula is C15H20N2O2. The number of anilines is 1. The lowest BCUT2D eigenvalue weighted by molar-refractivity contribution is -0.117. The van der Waals surface area contributed by atoms with E-state index in [1.165, 1.54) is 6.08 Å². The lowest BCUT2D eigenvalue weighted by Crippen LogP contribution is -2.38. The lowest BCUT2D eigenvalue weighted by atomic mass is 10.2. The molecule has 0 heterocycles. The molecule has 1 fully saturated rings. The highest BCUT2D eigenvalue weighted by atomic mass is 16.3. The van der Waals surface area contributed by atoms with E-state index in [4.69, 9.17) is 5.11 Å². The van der Waals surface area contributed by atoms with Crippen molar-refractivity contribution in [2.75, 3.05) is 25.6 Å². The molecule has 0 aliphatic heterocycles. The number of hydrogen-bond acceptors (Lipinski definition) is 3. The molecule has 1 amide bonds. The molecule has 0 aromatic heterocycles. The minimum Gasteiger partial charge on any atom is -0.394 e. The van der Waals surface area contributed by atoms with Crippen molar-refractivity contribution in [2.24, 2.45) is 0 Å². The Labute approximate surface area is 113 Å². The van der Waals surface area contributed by atoms with Crippen LogP contribution in [0.25, 0.3) is 6.08 Å². The summed E-state index contributed by atoms with van der Waals surface area (Å²) in [6, 6.07) is 7.96. The third kappa shape index (κ3) is 3.58. The van der Waals surface area contributed by atoms with Crippen molar-refractivity contribution in [1.82, 2.24) is 5.32 Å². The number of nitrogens with zero attached hydrogens (tertiary/aromatic N) is 1. The SMILES string of the molecule is CN(C)c1ccc(/C=C/C(=O)NC2(CO)CC2)cc1. The number of carbonyl (C=O) groups is 1. The third-order valence-corrected chi connectivity index (χ3v) is 3.38. The minimum atomic E-state index is -0.351. The number of aliphatic hydroxyl groups is 1. The van der Waals surface area contributed by atoms with Crippen LogP contribution in [0.5, 0.6) is 0 Å². The topological polar surface area (TPSA) is 52.6 Å². The van der Waals surface area contributed by atoms with Gasteiger partial charge in [-0.25, -0.2) is 0 Å². The first kappa shape index (κ1) is 13.6. The number of nitrogens with one attached hydrogen (secondary N) is 1. The minimum absolute atomic E-state index is 0.0180. The number of amides is 1. The molecule has 1 saturated carbocycles. The van der Waals surface area contributed by atoms with Crippen LogP contribution >= 0.6 is 0 Å². The monoisotopic (exact) mass is 260 g/mol. The van der Waals surface area contributed by atoms with Crippen LogP contribution < -0.4 is 10.2 Å². The van der Waals surface area contributed by atoms with E-state index < -0.39 is 0 Å². The zero-order valence-electron chi connectivity index (χ0n) is 11.4. The second-order valence-corrected chi connectivity index (χ2v) is 5.25. The number of rotatable bonds is 5. The summed E-state index contributed by atoms with van der Waals surface area (Å²) < 4.78 is 0. The Hall–Kier alpha value is -1.81. The maximum Gasteiger partial charge on any atom is 0.244 e. The van der Waals surface area contributed by atoms with Crippen LogP contribution in [-0.4, -0.2) is 37.3 Å². The smallest absolute Gasteiger partial charge is 0.244 e. The molecule has 0 atom stereocenters. The predicted molar refractivity (Wildman–Crippen MR) is 77.0 cm³/mol. The van der Waals surface area contributed by atoms with Gasteiger partial charge in [0.2, 0.25) is 5.91 Å². The molecule has 1 aromatic carbocycles. The zero-order valence-corrected chi connectivity index (χ0v) is 11.4. The summed E-state index contributed by atoms with van der Waals surface area (Å²) in [6.07, 6.45) is 5.02. The number of hydrogen-bond donors (Lipinski definition) is 2. The summed E-state index contributed by atoms with van der Waals surface area (Å²) >= 11 is 0. The van der Waals surface area contributed by atoms with Crippen LogP contribution in [0.2, 0.25) is 0 Å². The lowest BCUT2D eigenvalue weighted by Gasteiger charge is -2.12. The molecule has 4 heteroatoms. The maximum atomic E-state index is 11.7. The van der Waals surface area contributed by atoms with Gasteiger partial charge in [-0.15, -0.1) is 0 Å². The molecule has 0 unspecified atom stereocenters. The van der Waals surface area contributed by atoms with Gasteiger partial charge in [-0.1, -0.05) is 12.1 Å². The molecule has 2 rings (SSSR count). The quantitative estimate of drug-likeness (QED) is 0.787. The van der Waals surface area contributed by atoms with Gasteiger partial charge in [0, 0.05) is 25.9 Å². The Morgan fingerprint density at radius 1 is 1.37 bits per heavy atom. The van der Waals surface area contributed by atoms with Crippen LogP contribution in [0.4, 0.5) is 5.69 Å². The normalized spacial score (nSPS) is 16.4. The average molecular weight is 260 g/mol. The first-order valence-corrected chi connectivity index (χ1v) is 6.43. The molecule has 2 N–H and O–H groups in total. The maximum absolute atomic E-state index is 11.7. The average Bonchev–Trinajstić information content (AvgIpc) is 3.17. The van der Waals surface area contributed by atoms with Crippen molar-refractivity contribution in [2.45, 2.75) is 18.4 Å². The number of carbonyl (C=O) groups excluding carboxylic acids is 1. The summed E-state index contributed by atoms with van der Waals surface area (Å²) in [7, 11) is 3.98. The van der Waals surface area contributed by atoms with E-state index in [1.54, 1.807) is 6.08 Å². The van der Waals surface area contributed by atoms with Crippen LogP contribution in [0.3, 0.4) is 0 Å². The zero-order chi connectivity index (χ0) is 13.9. The Morgan fingerprint density at radius 3 is 2.47 bits per heavy atom. The third-order valence-electron chi connectivity index (χ3n) is 3.38. The van der Waals surface area contributed by atoms with E-state index in [-0.39, 0.29) is 18.1 Å². The van der Waals surface area contributed by atoms with E-state index >= 15 is 0 Å².